The number of nitrogens with zero attached hydrogens (tertiary/aromatic N) is 1. The quantitative estimate of drug-likeness (QED) is 0.566. The maximum Gasteiger partial charge on any atom is 0.247 e. The molecule has 1 fully saturated rings. The second kappa shape index (κ2) is 3.53. The Morgan fingerprint density at radius 2 is 1.86 bits per heavy atom. The molecular formula is C10H8BrNO2. The van der Waals surface area contributed by atoms with Crippen LogP contribution in [-0.2, 0) is 9.59 Å². The van der Waals surface area contributed by atoms with Gasteiger partial charge in [0.15, 0.2) is 0 Å². The molecule has 2 rings (SSSR count). The highest BCUT2D eigenvalue weighted by Crippen LogP contribution is 2.30. The number of carbonyl (C=O) groups excluding carboxylic acids is 2. The van der Waals surface area contributed by atoms with E-state index in [1.807, 2.05) is 30.3 Å². The molecule has 0 aliphatic carbocycles. The number of hydrogen-bond donors (Lipinski definition) is 0. The fourth-order valence-corrected chi connectivity index (χ4v) is 1.94. The number of amides is 2. The van der Waals surface area contributed by atoms with E-state index in [0.29, 0.717) is 0 Å². The van der Waals surface area contributed by atoms with Gasteiger partial charge in [-0.15, -0.1) is 0 Å². The smallest absolute Gasteiger partial charge is 0.247 e. The number of carbonyl (C=O) groups is 2. The fraction of sp³-hybridized carbons (Fsp3) is 0.200. The van der Waals surface area contributed by atoms with Crippen LogP contribution in [0.4, 0.5) is 0 Å². The minimum Gasteiger partial charge on any atom is -0.273 e. The van der Waals surface area contributed by atoms with Gasteiger partial charge in [-0.2, -0.15) is 0 Å². The number of benzene rings is 1. The zero-order chi connectivity index (χ0) is 10.1. The molecule has 1 unspecified atom stereocenters. The van der Waals surface area contributed by atoms with Gasteiger partial charge in [0.2, 0.25) is 11.8 Å². The van der Waals surface area contributed by atoms with E-state index in [-0.39, 0.29) is 24.2 Å². The lowest BCUT2D eigenvalue weighted by Gasteiger charge is -2.06. The highest BCUT2D eigenvalue weighted by Gasteiger charge is 2.38. The zero-order valence-corrected chi connectivity index (χ0v) is 8.90. The number of imide groups is 1. The normalized spacial score (nSPS) is 21.8. The van der Waals surface area contributed by atoms with Crippen LogP contribution >= 0.6 is 16.1 Å². The van der Waals surface area contributed by atoms with Crippen molar-refractivity contribution in [2.45, 2.75) is 12.3 Å². The SMILES string of the molecule is O=C1CC(c2ccccc2)C(=O)N1Br. The lowest BCUT2D eigenvalue weighted by atomic mass is 9.98. The molecule has 14 heavy (non-hydrogen) atoms. The molecule has 3 nitrogen and oxygen atoms in total. The monoisotopic (exact) mass is 253 g/mol. The molecule has 1 atom stereocenters. The van der Waals surface area contributed by atoms with Gasteiger partial charge in [-0.3, -0.25) is 9.59 Å². The van der Waals surface area contributed by atoms with Crippen LogP contribution in [-0.4, -0.2) is 15.7 Å². The molecule has 0 N–H and O–H groups in total. The van der Waals surface area contributed by atoms with Crippen molar-refractivity contribution < 1.29 is 9.59 Å². The third-order valence-electron chi connectivity index (χ3n) is 2.29. The molecule has 1 heterocycles. The van der Waals surface area contributed by atoms with E-state index in [1.165, 1.54) is 0 Å². The Balaban J connectivity index is 2.30. The summed E-state index contributed by atoms with van der Waals surface area (Å²) in [5, 5.41) is 0. The summed E-state index contributed by atoms with van der Waals surface area (Å²) in [6.45, 7) is 0. The Hall–Kier alpha value is -1.16. The largest absolute Gasteiger partial charge is 0.273 e. The summed E-state index contributed by atoms with van der Waals surface area (Å²) >= 11 is 2.94. The van der Waals surface area contributed by atoms with E-state index in [2.05, 4.69) is 16.1 Å². The molecule has 0 aromatic heterocycles. The first-order valence-corrected chi connectivity index (χ1v) is 4.98. The zero-order valence-electron chi connectivity index (χ0n) is 7.31. The van der Waals surface area contributed by atoms with Gasteiger partial charge in [0.1, 0.15) is 0 Å². The van der Waals surface area contributed by atoms with Gasteiger partial charge >= 0.3 is 0 Å². The molecule has 2 amide bonds. The molecule has 72 valence electrons. The van der Waals surface area contributed by atoms with E-state index < -0.39 is 0 Å². The van der Waals surface area contributed by atoms with Crippen molar-refractivity contribution in [2.24, 2.45) is 0 Å². The van der Waals surface area contributed by atoms with Crippen molar-refractivity contribution in [3.05, 3.63) is 35.9 Å². The Morgan fingerprint density at radius 1 is 1.21 bits per heavy atom. The van der Waals surface area contributed by atoms with Crippen LogP contribution in [0.2, 0.25) is 0 Å². The van der Waals surface area contributed by atoms with Crippen molar-refractivity contribution in [1.82, 2.24) is 3.93 Å². The van der Waals surface area contributed by atoms with Gasteiger partial charge < -0.3 is 0 Å². The first-order valence-electron chi connectivity index (χ1n) is 4.27. The van der Waals surface area contributed by atoms with Crippen LogP contribution in [0.3, 0.4) is 0 Å². The van der Waals surface area contributed by atoms with Crippen LogP contribution in [0.1, 0.15) is 17.9 Å². The molecular weight excluding hydrogens is 246 g/mol. The van der Waals surface area contributed by atoms with Crippen LogP contribution in [0.25, 0.3) is 0 Å². The highest BCUT2D eigenvalue weighted by molar-refractivity contribution is 9.08. The maximum atomic E-state index is 11.6. The summed E-state index contributed by atoms with van der Waals surface area (Å²) in [5.74, 6) is -0.673. The van der Waals surface area contributed by atoms with Crippen molar-refractivity contribution in [2.75, 3.05) is 0 Å². The topological polar surface area (TPSA) is 37.4 Å². The Labute approximate surface area is 90.0 Å². The second-order valence-electron chi connectivity index (χ2n) is 3.18. The Morgan fingerprint density at radius 3 is 2.36 bits per heavy atom. The molecule has 0 saturated carbocycles. The standard InChI is InChI=1S/C10H8BrNO2/c11-12-9(13)6-8(10(12)14)7-4-2-1-3-5-7/h1-5,8H,6H2. The Bertz CT molecular complexity index is 377. The predicted molar refractivity (Wildman–Crippen MR) is 54.6 cm³/mol. The van der Waals surface area contributed by atoms with Crippen molar-refractivity contribution >= 4 is 28.0 Å². The van der Waals surface area contributed by atoms with Crippen LogP contribution in [0, 0.1) is 0 Å². The highest BCUT2D eigenvalue weighted by atomic mass is 79.9. The van der Waals surface area contributed by atoms with Gasteiger partial charge in [0, 0.05) is 6.42 Å². The second-order valence-corrected chi connectivity index (χ2v) is 3.89. The van der Waals surface area contributed by atoms with Crippen LogP contribution < -0.4 is 0 Å². The summed E-state index contributed by atoms with van der Waals surface area (Å²) in [4.78, 5) is 22.8. The first-order chi connectivity index (χ1) is 6.70. The van der Waals surface area contributed by atoms with Crippen LogP contribution in [0.5, 0.6) is 0 Å². The van der Waals surface area contributed by atoms with Gasteiger partial charge in [0.05, 0.1) is 22.1 Å². The molecule has 0 spiro atoms. The summed E-state index contributed by atoms with van der Waals surface area (Å²) in [7, 11) is 0. The molecule has 4 heteroatoms. The molecule has 1 saturated heterocycles. The summed E-state index contributed by atoms with van der Waals surface area (Å²) in [5.41, 5.74) is 0.896. The number of rotatable bonds is 1. The summed E-state index contributed by atoms with van der Waals surface area (Å²) in [6, 6.07) is 9.34. The van der Waals surface area contributed by atoms with E-state index in [4.69, 9.17) is 0 Å². The van der Waals surface area contributed by atoms with E-state index in [9.17, 15) is 9.59 Å². The molecule has 1 aliphatic rings. The van der Waals surface area contributed by atoms with Crippen molar-refractivity contribution in [3.63, 3.8) is 0 Å². The summed E-state index contributed by atoms with van der Waals surface area (Å²) < 4.78 is 1.02. The van der Waals surface area contributed by atoms with Crippen molar-refractivity contribution in [1.29, 1.82) is 0 Å². The Kier molecular flexibility index (Phi) is 2.37. The minimum absolute atomic E-state index is 0.177. The minimum atomic E-state index is -0.317. The average Bonchev–Trinajstić information content (AvgIpc) is 2.47. The maximum absolute atomic E-state index is 11.6. The van der Waals surface area contributed by atoms with Gasteiger partial charge in [-0.05, 0) is 5.56 Å². The predicted octanol–water partition coefficient (Wildman–Crippen LogP) is 1.84. The molecule has 1 aliphatic heterocycles. The number of halogens is 1. The fourth-order valence-electron chi connectivity index (χ4n) is 1.55. The molecule has 1 aromatic rings. The molecule has 0 bridgehead atoms. The van der Waals surface area contributed by atoms with Gasteiger partial charge in [-0.25, -0.2) is 3.93 Å². The van der Waals surface area contributed by atoms with E-state index in [0.717, 1.165) is 9.49 Å². The first kappa shape index (κ1) is 9.40. The third-order valence-corrected chi connectivity index (χ3v) is 3.04. The summed E-state index contributed by atoms with van der Waals surface area (Å²) in [6.07, 6.45) is 0.258. The lowest BCUT2D eigenvalue weighted by molar-refractivity contribution is -0.131. The lowest BCUT2D eigenvalue weighted by Crippen LogP contribution is -2.18. The number of hydrogen-bond acceptors (Lipinski definition) is 2. The van der Waals surface area contributed by atoms with Gasteiger partial charge in [-0.1, -0.05) is 30.3 Å². The molecule has 1 aromatic carbocycles. The average molecular weight is 254 g/mol. The van der Waals surface area contributed by atoms with E-state index in [1.54, 1.807) is 0 Å². The van der Waals surface area contributed by atoms with E-state index >= 15 is 0 Å². The third kappa shape index (κ3) is 1.46. The van der Waals surface area contributed by atoms with Gasteiger partial charge in [0.25, 0.3) is 0 Å². The van der Waals surface area contributed by atoms with Crippen LogP contribution in [0.15, 0.2) is 30.3 Å². The molecule has 0 radical (unpaired) electrons. The van der Waals surface area contributed by atoms with Crippen molar-refractivity contribution in [3.8, 4) is 0 Å².